The summed E-state index contributed by atoms with van der Waals surface area (Å²) < 4.78 is 0. The molecule has 0 aliphatic rings. The van der Waals surface area contributed by atoms with Gasteiger partial charge in [0.25, 0.3) is 0 Å². The van der Waals surface area contributed by atoms with Gasteiger partial charge in [-0.05, 0) is 20.8 Å². The van der Waals surface area contributed by atoms with Crippen LogP contribution < -0.4 is 5.32 Å². The summed E-state index contributed by atoms with van der Waals surface area (Å²) in [7, 11) is 0. The van der Waals surface area contributed by atoms with Crippen molar-refractivity contribution < 1.29 is 0 Å². The minimum absolute atomic E-state index is 0.504. The molecule has 1 aromatic rings. The zero-order valence-electron chi connectivity index (χ0n) is 8.22. The van der Waals surface area contributed by atoms with Gasteiger partial charge in [-0.25, -0.2) is 4.98 Å². The summed E-state index contributed by atoms with van der Waals surface area (Å²) in [6, 6.07) is 0.504. The number of hydrogen-bond acceptors (Lipinski definition) is 3. The fourth-order valence-corrected chi connectivity index (χ4v) is 2.04. The molecule has 13 heavy (non-hydrogen) atoms. The van der Waals surface area contributed by atoms with Crippen LogP contribution >= 0.6 is 27.3 Å². The summed E-state index contributed by atoms with van der Waals surface area (Å²) in [5.41, 5.74) is 1.16. The molecule has 0 saturated heterocycles. The van der Waals surface area contributed by atoms with Crippen molar-refractivity contribution in [3.63, 3.8) is 0 Å². The molecule has 0 radical (unpaired) electrons. The van der Waals surface area contributed by atoms with E-state index in [9.17, 15) is 0 Å². The monoisotopic (exact) mass is 262 g/mol. The third kappa shape index (κ3) is 3.37. The molecule has 0 spiro atoms. The molecule has 2 nitrogen and oxygen atoms in total. The number of alkyl halides is 1. The number of hydrogen-bond donors (Lipinski definition) is 1. The average molecular weight is 263 g/mol. The molecular formula is C9H15BrN2S. The first-order chi connectivity index (χ1) is 6.13. The maximum Gasteiger partial charge on any atom is 0.107 e. The van der Waals surface area contributed by atoms with Crippen LogP contribution in [0.2, 0.25) is 0 Å². The lowest BCUT2D eigenvalue weighted by Gasteiger charge is -2.07. The molecule has 1 atom stereocenters. The summed E-state index contributed by atoms with van der Waals surface area (Å²) in [6.45, 7) is 7.21. The van der Waals surface area contributed by atoms with Crippen LogP contribution in [0.5, 0.6) is 0 Å². The van der Waals surface area contributed by atoms with Crippen LogP contribution in [0.15, 0.2) is 0 Å². The second-order valence-corrected chi connectivity index (χ2v) is 5.12. The molecule has 0 fully saturated rings. The van der Waals surface area contributed by atoms with Crippen LogP contribution in [-0.4, -0.2) is 16.4 Å². The van der Waals surface area contributed by atoms with Gasteiger partial charge in [0.15, 0.2) is 0 Å². The van der Waals surface area contributed by atoms with Crippen molar-refractivity contribution in [2.45, 2.75) is 33.4 Å². The van der Waals surface area contributed by atoms with Crippen LogP contribution in [0.3, 0.4) is 0 Å². The Bertz CT molecular complexity index is 253. The van der Waals surface area contributed by atoms with Gasteiger partial charge in [0.2, 0.25) is 0 Å². The highest BCUT2D eigenvalue weighted by molar-refractivity contribution is 9.09. The van der Waals surface area contributed by atoms with Crippen molar-refractivity contribution in [1.82, 2.24) is 10.3 Å². The number of thiazole rings is 1. The molecule has 0 amide bonds. The van der Waals surface area contributed by atoms with E-state index in [1.165, 1.54) is 9.88 Å². The summed E-state index contributed by atoms with van der Waals surface area (Å²) in [4.78, 5) is 5.78. The van der Waals surface area contributed by atoms with Crippen molar-refractivity contribution in [3.8, 4) is 0 Å². The number of nitrogens with zero attached hydrogens (tertiary/aromatic N) is 1. The molecule has 1 aromatic heterocycles. The predicted octanol–water partition coefficient (Wildman–Crippen LogP) is 2.63. The van der Waals surface area contributed by atoms with Gasteiger partial charge in [-0.15, -0.1) is 11.3 Å². The molecule has 0 aliphatic heterocycles. The number of nitrogens with one attached hydrogen (secondary N) is 1. The van der Waals surface area contributed by atoms with Gasteiger partial charge in [0, 0.05) is 22.8 Å². The summed E-state index contributed by atoms with van der Waals surface area (Å²) in [6.07, 6.45) is 0. The summed E-state index contributed by atoms with van der Waals surface area (Å²) in [5, 5.41) is 5.56. The minimum atomic E-state index is 0.504. The fourth-order valence-electron chi connectivity index (χ4n) is 0.931. The van der Waals surface area contributed by atoms with E-state index < -0.39 is 0 Å². The quantitative estimate of drug-likeness (QED) is 0.845. The van der Waals surface area contributed by atoms with Crippen LogP contribution in [0, 0.1) is 13.8 Å². The Morgan fingerprint density at radius 2 is 2.23 bits per heavy atom. The van der Waals surface area contributed by atoms with Crippen LogP contribution in [0.1, 0.15) is 22.5 Å². The van der Waals surface area contributed by atoms with Crippen molar-refractivity contribution >= 4 is 27.3 Å². The highest BCUT2D eigenvalue weighted by atomic mass is 79.9. The second kappa shape index (κ2) is 5.08. The lowest BCUT2D eigenvalue weighted by Crippen LogP contribution is -2.26. The Morgan fingerprint density at radius 1 is 1.54 bits per heavy atom. The number of halogens is 1. The standard InChI is InChI=1S/C9H15BrN2S/c1-6(4-10)11-5-9-12-7(2)8(3)13-9/h6,11H,4-5H2,1-3H3. The smallest absolute Gasteiger partial charge is 0.107 e. The van der Waals surface area contributed by atoms with E-state index >= 15 is 0 Å². The third-order valence-electron chi connectivity index (χ3n) is 1.91. The Morgan fingerprint density at radius 3 is 2.69 bits per heavy atom. The zero-order valence-corrected chi connectivity index (χ0v) is 10.6. The molecule has 1 heterocycles. The predicted molar refractivity (Wildman–Crippen MR) is 61.7 cm³/mol. The normalized spacial score (nSPS) is 13.2. The third-order valence-corrected chi connectivity index (χ3v) is 3.95. The topological polar surface area (TPSA) is 24.9 Å². The largest absolute Gasteiger partial charge is 0.307 e. The van der Waals surface area contributed by atoms with Crippen molar-refractivity contribution in [2.24, 2.45) is 0 Å². The maximum atomic E-state index is 4.46. The molecular weight excluding hydrogens is 248 g/mol. The molecule has 0 aliphatic carbocycles. The van der Waals surface area contributed by atoms with E-state index in [-0.39, 0.29) is 0 Å². The minimum Gasteiger partial charge on any atom is -0.307 e. The number of aromatic nitrogens is 1. The Kier molecular flexibility index (Phi) is 4.35. The Labute approximate surface area is 91.9 Å². The van der Waals surface area contributed by atoms with Crippen LogP contribution in [-0.2, 0) is 6.54 Å². The van der Waals surface area contributed by atoms with E-state index in [1.54, 1.807) is 11.3 Å². The van der Waals surface area contributed by atoms with E-state index in [2.05, 4.69) is 47.0 Å². The van der Waals surface area contributed by atoms with Gasteiger partial charge in [-0.1, -0.05) is 15.9 Å². The van der Waals surface area contributed by atoms with Crippen LogP contribution in [0.4, 0.5) is 0 Å². The van der Waals surface area contributed by atoms with Gasteiger partial charge < -0.3 is 5.32 Å². The van der Waals surface area contributed by atoms with Crippen LogP contribution in [0.25, 0.3) is 0 Å². The first-order valence-corrected chi connectivity index (χ1v) is 6.29. The van der Waals surface area contributed by atoms with E-state index in [1.807, 2.05) is 0 Å². The Hall–Kier alpha value is 0.0700. The summed E-state index contributed by atoms with van der Waals surface area (Å²) in [5.74, 6) is 0. The maximum absolute atomic E-state index is 4.46. The molecule has 0 saturated carbocycles. The molecule has 0 aromatic carbocycles. The van der Waals surface area contributed by atoms with E-state index in [0.717, 1.165) is 17.6 Å². The zero-order chi connectivity index (χ0) is 9.84. The van der Waals surface area contributed by atoms with Gasteiger partial charge >= 0.3 is 0 Å². The molecule has 0 bridgehead atoms. The second-order valence-electron chi connectivity index (χ2n) is 3.19. The fraction of sp³-hybridized carbons (Fsp3) is 0.667. The molecule has 4 heteroatoms. The lowest BCUT2D eigenvalue weighted by atomic mass is 10.4. The van der Waals surface area contributed by atoms with E-state index in [4.69, 9.17) is 0 Å². The van der Waals surface area contributed by atoms with E-state index in [0.29, 0.717) is 6.04 Å². The Balaban J connectivity index is 2.45. The highest BCUT2D eigenvalue weighted by Gasteiger charge is 2.04. The number of rotatable bonds is 4. The number of aryl methyl sites for hydroxylation is 2. The average Bonchev–Trinajstić information content (AvgIpc) is 2.42. The molecule has 1 rings (SSSR count). The van der Waals surface area contributed by atoms with Crippen molar-refractivity contribution in [3.05, 3.63) is 15.6 Å². The van der Waals surface area contributed by atoms with Gasteiger partial charge in [0.05, 0.1) is 5.69 Å². The summed E-state index contributed by atoms with van der Waals surface area (Å²) >= 11 is 5.21. The van der Waals surface area contributed by atoms with Gasteiger partial charge in [-0.2, -0.15) is 0 Å². The van der Waals surface area contributed by atoms with Gasteiger partial charge in [-0.3, -0.25) is 0 Å². The van der Waals surface area contributed by atoms with Crippen molar-refractivity contribution in [1.29, 1.82) is 0 Å². The molecule has 1 unspecified atom stereocenters. The molecule has 74 valence electrons. The first kappa shape index (κ1) is 11.1. The SMILES string of the molecule is Cc1nc(CNC(C)CBr)sc1C. The van der Waals surface area contributed by atoms with Gasteiger partial charge in [0.1, 0.15) is 5.01 Å². The van der Waals surface area contributed by atoms with Crippen molar-refractivity contribution in [2.75, 3.05) is 5.33 Å². The lowest BCUT2D eigenvalue weighted by molar-refractivity contribution is 0.596. The highest BCUT2D eigenvalue weighted by Crippen LogP contribution is 2.16. The first-order valence-electron chi connectivity index (χ1n) is 4.35. The molecule has 1 N–H and O–H groups in total.